The molecule has 1 N–H and O–H groups in total. The quantitative estimate of drug-likeness (QED) is 0.207. The summed E-state index contributed by atoms with van der Waals surface area (Å²) < 4.78 is 47.2. The summed E-state index contributed by atoms with van der Waals surface area (Å²) in [6.07, 6.45) is 1.62. The van der Waals surface area contributed by atoms with Crippen LogP contribution in [0, 0.1) is 11.6 Å². The molecule has 1 saturated heterocycles. The molecule has 4 unspecified atom stereocenters. The number of esters is 1. The van der Waals surface area contributed by atoms with Gasteiger partial charge in [0, 0.05) is 38.2 Å². The van der Waals surface area contributed by atoms with E-state index in [0.717, 1.165) is 15.9 Å². The maximum Gasteiger partial charge on any atom is 0.352 e. The van der Waals surface area contributed by atoms with Crippen LogP contribution in [0.25, 0.3) is 11.1 Å². The van der Waals surface area contributed by atoms with Crippen LogP contribution < -0.4 is 4.90 Å². The molecule has 1 amide bonds. The number of anilines is 1. The molecule has 1 aliphatic carbocycles. The van der Waals surface area contributed by atoms with Crippen LogP contribution in [0.3, 0.4) is 0 Å². The molecule has 0 radical (unpaired) electrons. The molecule has 6 rings (SSSR count). The van der Waals surface area contributed by atoms with Gasteiger partial charge < -0.3 is 24.2 Å². The minimum atomic E-state index is -1.90. The van der Waals surface area contributed by atoms with Crippen LogP contribution in [0.15, 0.2) is 41.9 Å². The molecule has 2 fully saturated rings. The number of carbonyl (C=O) groups excluding carboxylic acids is 4. The fourth-order valence-corrected chi connectivity index (χ4v) is 5.97. The van der Waals surface area contributed by atoms with Crippen LogP contribution in [0.1, 0.15) is 23.2 Å². The number of amides is 1. The number of aromatic nitrogens is 1. The third kappa shape index (κ3) is 3.93. The molecule has 1 aromatic carbocycles. The Balaban J connectivity index is 1.36. The molecule has 4 heterocycles. The van der Waals surface area contributed by atoms with Gasteiger partial charge in [0.25, 0.3) is 5.91 Å². The highest BCUT2D eigenvalue weighted by Gasteiger charge is 2.61. The number of hydrogen-bond acceptors (Lipinski definition) is 10. The first-order chi connectivity index (χ1) is 20.1. The topological polar surface area (TPSA) is 153 Å². The minimum absolute atomic E-state index is 0.0579. The number of aliphatic carboxylic acids is 1. The zero-order valence-corrected chi connectivity index (χ0v) is 22.2. The van der Waals surface area contributed by atoms with Crippen LogP contribution in [0.2, 0.25) is 0 Å². The van der Waals surface area contributed by atoms with Crippen LogP contribution >= 0.6 is 0 Å². The average Bonchev–Trinajstić information content (AvgIpc) is 3.76. The Morgan fingerprint density at radius 1 is 1.07 bits per heavy atom. The van der Waals surface area contributed by atoms with Gasteiger partial charge in [-0.05, 0) is 36.6 Å². The molecule has 14 heteroatoms. The Bertz CT molecular complexity index is 1590. The number of hydrogen-bond donors (Lipinski definition) is 1. The first-order valence-corrected chi connectivity index (χ1v) is 12.9. The van der Waals surface area contributed by atoms with E-state index in [2.05, 4.69) is 4.98 Å². The third-order valence-corrected chi connectivity index (χ3v) is 7.95. The van der Waals surface area contributed by atoms with E-state index in [0.29, 0.717) is 12.8 Å². The van der Waals surface area contributed by atoms with Gasteiger partial charge in [-0.1, -0.05) is 0 Å². The normalized spacial score (nSPS) is 24.9. The number of pyridine rings is 1. The number of benzene rings is 1. The SMILES string of the molecule is COC1C(=O)N2C(C(=O)O)=C(COC(=O)C3C(=O)C(=O)c4cc(F)c(-c5ccncc5)c(F)c4N3C3CC3)C(OC)C12. The van der Waals surface area contributed by atoms with Crippen LogP contribution in [-0.4, -0.2) is 95.6 Å². The molecular formula is C28H23F2N3O9. The number of ether oxygens (including phenoxy) is 3. The zero-order valence-electron chi connectivity index (χ0n) is 22.2. The van der Waals surface area contributed by atoms with Crippen molar-refractivity contribution in [2.75, 3.05) is 25.7 Å². The number of rotatable bonds is 8. The molecule has 0 bridgehead atoms. The fraction of sp³-hybridized carbons (Fsp3) is 0.357. The lowest BCUT2D eigenvalue weighted by Crippen LogP contribution is -2.66. The summed E-state index contributed by atoms with van der Waals surface area (Å²) in [5.74, 6) is -8.02. The van der Waals surface area contributed by atoms with Gasteiger partial charge in [-0.2, -0.15) is 0 Å². The minimum Gasteiger partial charge on any atom is -0.477 e. The Kier molecular flexibility index (Phi) is 6.61. The lowest BCUT2D eigenvalue weighted by Gasteiger charge is -2.43. The van der Waals surface area contributed by atoms with Gasteiger partial charge >= 0.3 is 11.9 Å². The predicted molar refractivity (Wildman–Crippen MR) is 136 cm³/mol. The van der Waals surface area contributed by atoms with Gasteiger partial charge in [0.2, 0.25) is 11.6 Å². The summed E-state index contributed by atoms with van der Waals surface area (Å²) in [6, 6.07) is 0.309. The van der Waals surface area contributed by atoms with E-state index in [1.165, 1.54) is 38.7 Å². The fourth-order valence-electron chi connectivity index (χ4n) is 5.97. The maximum atomic E-state index is 16.1. The van der Waals surface area contributed by atoms with Crippen molar-refractivity contribution in [1.29, 1.82) is 0 Å². The largest absolute Gasteiger partial charge is 0.477 e. The Morgan fingerprint density at radius 3 is 2.33 bits per heavy atom. The highest BCUT2D eigenvalue weighted by atomic mass is 19.1. The molecule has 3 aliphatic heterocycles. The van der Waals surface area contributed by atoms with Crippen LogP contribution in [-0.2, 0) is 33.4 Å². The monoisotopic (exact) mass is 583 g/mol. The van der Waals surface area contributed by atoms with E-state index >= 15 is 8.78 Å². The van der Waals surface area contributed by atoms with E-state index < -0.39 is 100 Å². The van der Waals surface area contributed by atoms with E-state index in [4.69, 9.17) is 14.2 Å². The van der Waals surface area contributed by atoms with Crippen molar-refractivity contribution in [3.05, 3.63) is 59.1 Å². The lowest BCUT2D eigenvalue weighted by molar-refractivity contribution is -0.173. The van der Waals surface area contributed by atoms with E-state index in [9.17, 15) is 29.1 Å². The van der Waals surface area contributed by atoms with E-state index in [1.54, 1.807) is 0 Å². The number of ketones is 2. The maximum absolute atomic E-state index is 16.1. The van der Waals surface area contributed by atoms with Crippen molar-refractivity contribution in [2.24, 2.45) is 0 Å². The first-order valence-electron chi connectivity index (χ1n) is 12.9. The smallest absolute Gasteiger partial charge is 0.352 e. The number of nitrogens with zero attached hydrogens (tertiary/aromatic N) is 3. The van der Waals surface area contributed by atoms with Crippen molar-refractivity contribution in [2.45, 2.75) is 43.2 Å². The summed E-state index contributed by atoms with van der Waals surface area (Å²) in [5.41, 5.74) is -1.73. The molecule has 0 spiro atoms. The number of carbonyl (C=O) groups is 5. The summed E-state index contributed by atoms with van der Waals surface area (Å²) in [5, 5.41) is 9.82. The molecule has 12 nitrogen and oxygen atoms in total. The second kappa shape index (κ2) is 10.1. The molecule has 42 heavy (non-hydrogen) atoms. The first kappa shape index (κ1) is 27.6. The number of β-lactam (4-membered cyclic amide) rings is 1. The lowest BCUT2D eigenvalue weighted by atomic mass is 9.89. The van der Waals surface area contributed by atoms with Gasteiger partial charge in [0.15, 0.2) is 18.0 Å². The number of fused-ring (bicyclic) bond motifs is 2. The second-order valence-electron chi connectivity index (χ2n) is 10.2. The zero-order chi connectivity index (χ0) is 30.0. The van der Waals surface area contributed by atoms with Gasteiger partial charge in [0.1, 0.15) is 30.3 Å². The highest BCUT2D eigenvalue weighted by molar-refractivity contribution is 6.51. The molecule has 1 saturated carbocycles. The molecule has 4 atom stereocenters. The van der Waals surface area contributed by atoms with Crippen molar-refractivity contribution in [1.82, 2.24) is 9.88 Å². The number of halogens is 2. The van der Waals surface area contributed by atoms with E-state index in [-0.39, 0.29) is 11.1 Å². The number of methoxy groups -OCH3 is 2. The summed E-state index contributed by atoms with van der Waals surface area (Å²) in [7, 11) is 2.56. The number of carboxylic acid groups (broad SMARTS) is 1. The van der Waals surface area contributed by atoms with Crippen LogP contribution in [0.4, 0.5) is 14.5 Å². The standard InChI is InChI=1S/C28H23F2N3O9/c1-40-24-14(19(27(37)38)33-21(24)25(41-2)26(33)36)10-42-28(39)20-23(35)22(34)13-9-15(29)16(11-5-7-31-8-6-11)17(30)18(13)32(20)12-3-4-12/h5-9,12,20-21,24-25H,3-4,10H2,1-2H3,(H,37,38). The molecule has 218 valence electrons. The Labute approximate surface area is 236 Å². The summed E-state index contributed by atoms with van der Waals surface area (Å²) >= 11 is 0. The van der Waals surface area contributed by atoms with Gasteiger partial charge in [-0.3, -0.25) is 24.3 Å². The van der Waals surface area contributed by atoms with Crippen LogP contribution in [0.5, 0.6) is 0 Å². The Morgan fingerprint density at radius 2 is 1.74 bits per heavy atom. The van der Waals surface area contributed by atoms with E-state index in [1.807, 2.05) is 0 Å². The summed E-state index contributed by atoms with van der Waals surface area (Å²) in [4.78, 5) is 70.3. The van der Waals surface area contributed by atoms with Gasteiger partial charge in [-0.15, -0.1) is 0 Å². The van der Waals surface area contributed by atoms with Gasteiger partial charge in [0.05, 0.1) is 16.8 Å². The second-order valence-corrected chi connectivity index (χ2v) is 10.2. The number of Topliss-reactive ketones (excluding diaryl/α,β-unsaturated/α-hetero) is 2. The number of carboxylic acids is 1. The van der Waals surface area contributed by atoms with Crippen molar-refractivity contribution in [3.8, 4) is 11.1 Å². The molecular weight excluding hydrogens is 560 g/mol. The third-order valence-electron chi connectivity index (χ3n) is 7.95. The molecule has 1 aromatic heterocycles. The average molecular weight is 584 g/mol. The molecule has 2 aromatic rings. The Hall–Kier alpha value is -4.56. The van der Waals surface area contributed by atoms with Crippen molar-refractivity contribution < 1.29 is 52.1 Å². The van der Waals surface area contributed by atoms with Crippen molar-refractivity contribution in [3.63, 3.8) is 0 Å². The van der Waals surface area contributed by atoms with Gasteiger partial charge in [-0.25, -0.2) is 18.4 Å². The van der Waals surface area contributed by atoms with Crippen molar-refractivity contribution >= 4 is 35.1 Å². The summed E-state index contributed by atoms with van der Waals surface area (Å²) in [6.45, 7) is -0.701. The highest BCUT2D eigenvalue weighted by Crippen LogP contribution is 2.45. The molecule has 4 aliphatic rings. The predicted octanol–water partition coefficient (Wildman–Crippen LogP) is 1.27.